The summed E-state index contributed by atoms with van der Waals surface area (Å²) in [5.41, 5.74) is 6.57. The van der Waals surface area contributed by atoms with Crippen LogP contribution in [0.15, 0.2) is 18.3 Å². The molecule has 4 nitrogen and oxygen atoms in total. The molecule has 1 aliphatic heterocycles. The maximum Gasteiger partial charge on any atom is 0.149 e. The van der Waals surface area contributed by atoms with Crippen LogP contribution in [0.4, 0.5) is 11.5 Å². The second-order valence-electron chi connectivity index (χ2n) is 5.07. The monoisotopic (exact) mass is 234 g/mol. The van der Waals surface area contributed by atoms with Crippen molar-refractivity contribution in [1.29, 1.82) is 0 Å². The van der Waals surface area contributed by atoms with Crippen molar-refractivity contribution < 1.29 is 0 Å². The zero-order valence-electron chi connectivity index (χ0n) is 10.7. The third kappa shape index (κ3) is 3.09. The van der Waals surface area contributed by atoms with Gasteiger partial charge < -0.3 is 16.0 Å². The van der Waals surface area contributed by atoms with Crippen molar-refractivity contribution in [2.75, 3.05) is 30.7 Å². The first kappa shape index (κ1) is 12.2. The highest BCUT2D eigenvalue weighted by Crippen LogP contribution is 2.20. The van der Waals surface area contributed by atoms with Gasteiger partial charge in [0.1, 0.15) is 5.82 Å². The van der Waals surface area contributed by atoms with Gasteiger partial charge in [-0.15, -0.1) is 0 Å². The van der Waals surface area contributed by atoms with Gasteiger partial charge in [0.2, 0.25) is 0 Å². The lowest BCUT2D eigenvalue weighted by atomic mass is 10.1. The predicted molar refractivity (Wildman–Crippen MR) is 72.0 cm³/mol. The molecule has 17 heavy (non-hydrogen) atoms. The Morgan fingerprint density at radius 3 is 3.06 bits per heavy atom. The third-order valence-corrected chi connectivity index (χ3v) is 3.44. The van der Waals surface area contributed by atoms with Crippen molar-refractivity contribution in [3.05, 3.63) is 18.3 Å². The van der Waals surface area contributed by atoms with Gasteiger partial charge in [0, 0.05) is 25.3 Å². The number of rotatable bonds is 4. The molecule has 94 valence electrons. The first-order valence-corrected chi connectivity index (χ1v) is 6.35. The summed E-state index contributed by atoms with van der Waals surface area (Å²) in [6.07, 6.45) is 3.03. The average molecular weight is 234 g/mol. The zero-order valence-corrected chi connectivity index (χ0v) is 10.7. The number of anilines is 2. The largest absolute Gasteiger partial charge is 0.396 e. The van der Waals surface area contributed by atoms with Crippen LogP contribution >= 0.6 is 0 Å². The number of hydrogen-bond acceptors (Lipinski definition) is 4. The second kappa shape index (κ2) is 5.36. The third-order valence-electron chi connectivity index (χ3n) is 3.44. The van der Waals surface area contributed by atoms with E-state index in [4.69, 9.17) is 5.73 Å². The minimum atomic E-state index is 0.653. The molecule has 1 aromatic heterocycles. The van der Waals surface area contributed by atoms with Crippen LogP contribution in [0.25, 0.3) is 0 Å². The van der Waals surface area contributed by atoms with E-state index in [0.717, 1.165) is 18.1 Å². The summed E-state index contributed by atoms with van der Waals surface area (Å²) in [7, 11) is 0. The fourth-order valence-corrected chi connectivity index (χ4v) is 2.30. The smallest absolute Gasteiger partial charge is 0.149 e. The number of nitrogens with zero attached hydrogens (tertiary/aromatic N) is 2. The van der Waals surface area contributed by atoms with E-state index in [-0.39, 0.29) is 0 Å². The van der Waals surface area contributed by atoms with Crippen LogP contribution in [0.2, 0.25) is 0 Å². The van der Waals surface area contributed by atoms with Crippen LogP contribution in [0.3, 0.4) is 0 Å². The van der Waals surface area contributed by atoms with Crippen molar-refractivity contribution in [3.63, 3.8) is 0 Å². The SMILES string of the molecule is CC(C)N1CCC(CNc2ncccc2N)C1. The first-order valence-electron chi connectivity index (χ1n) is 6.35. The lowest BCUT2D eigenvalue weighted by molar-refractivity contribution is 0.266. The standard InChI is InChI=1S/C13H22N4/c1-10(2)17-7-5-11(9-17)8-16-13-12(14)4-3-6-15-13/h3-4,6,10-11H,5,7-9,14H2,1-2H3,(H,15,16). The van der Waals surface area contributed by atoms with E-state index >= 15 is 0 Å². The molecule has 0 spiro atoms. The van der Waals surface area contributed by atoms with E-state index < -0.39 is 0 Å². The molecule has 1 fully saturated rings. The Kier molecular flexibility index (Phi) is 3.84. The Morgan fingerprint density at radius 2 is 2.41 bits per heavy atom. The number of hydrogen-bond donors (Lipinski definition) is 2. The van der Waals surface area contributed by atoms with Crippen LogP contribution in [-0.4, -0.2) is 35.6 Å². The van der Waals surface area contributed by atoms with Gasteiger partial charge in [0.15, 0.2) is 0 Å². The van der Waals surface area contributed by atoms with E-state index in [2.05, 4.69) is 29.0 Å². The molecule has 0 bridgehead atoms. The van der Waals surface area contributed by atoms with Gasteiger partial charge in [-0.05, 0) is 44.9 Å². The summed E-state index contributed by atoms with van der Waals surface area (Å²) >= 11 is 0. The van der Waals surface area contributed by atoms with Crippen LogP contribution in [-0.2, 0) is 0 Å². The fraction of sp³-hybridized carbons (Fsp3) is 0.615. The first-order chi connectivity index (χ1) is 8.16. The molecule has 0 aliphatic carbocycles. The highest BCUT2D eigenvalue weighted by atomic mass is 15.2. The molecule has 0 radical (unpaired) electrons. The van der Waals surface area contributed by atoms with Crippen LogP contribution in [0, 0.1) is 5.92 Å². The summed E-state index contributed by atoms with van der Waals surface area (Å²) in [5, 5.41) is 3.35. The fourth-order valence-electron chi connectivity index (χ4n) is 2.30. The number of nitrogens with one attached hydrogen (secondary N) is 1. The van der Waals surface area contributed by atoms with E-state index in [9.17, 15) is 0 Å². The Bertz CT molecular complexity index is 364. The van der Waals surface area contributed by atoms with Crippen molar-refractivity contribution in [2.24, 2.45) is 5.92 Å². The molecule has 1 atom stereocenters. The lowest BCUT2D eigenvalue weighted by Gasteiger charge is -2.20. The van der Waals surface area contributed by atoms with Gasteiger partial charge in [-0.2, -0.15) is 0 Å². The summed E-state index contributed by atoms with van der Waals surface area (Å²) in [5.74, 6) is 1.52. The van der Waals surface area contributed by atoms with E-state index in [0.29, 0.717) is 12.0 Å². The molecule has 0 saturated carbocycles. The zero-order chi connectivity index (χ0) is 12.3. The van der Waals surface area contributed by atoms with Gasteiger partial charge in [-0.3, -0.25) is 0 Å². The molecule has 0 amide bonds. The van der Waals surface area contributed by atoms with Gasteiger partial charge in [-0.25, -0.2) is 4.98 Å². The quantitative estimate of drug-likeness (QED) is 0.834. The number of pyridine rings is 1. The Balaban J connectivity index is 1.82. The summed E-state index contributed by atoms with van der Waals surface area (Å²) in [4.78, 5) is 6.77. The molecule has 1 aromatic rings. The van der Waals surface area contributed by atoms with Crippen LogP contribution in [0.1, 0.15) is 20.3 Å². The van der Waals surface area contributed by atoms with Gasteiger partial charge in [0.25, 0.3) is 0 Å². The maximum absolute atomic E-state index is 5.85. The van der Waals surface area contributed by atoms with Crippen LogP contribution < -0.4 is 11.1 Å². The van der Waals surface area contributed by atoms with E-state index in [1.54, 1.807) is 6.20 Å². The molecule has 3 N–H and O–H groups in total. The van der Waals surface area contributed by atoms with Gasteiger partial charge in [0.05, 0.1) is 5.69 Å². The molecular weight excluding hydrogens is 212 g/mol. The second-order valence-corrected chi connectivity index (χ2v) is 5.07. The summed E-state index contributed by atoms with van der Waals surface area (Å²) in [6.45, 7) is 7.86. The number of aromatic nitrogens is 1. The number of nitrogens with two attached hydrogens (primary N) is 1. The minimum absolute atomic E-state index is 0.653. The molecule has 1 unspecified atom stereocenters. The van der Waals surface area contributed by atoms with E-state index in [1.165, 1.54) is 19.5 Å². The highest BCUT2D eigenvalue weighted by Gasteiger charge is 2.23. The topological polar surface area (TPSA) is 54.2 Å². The number of nitrogen functional groups attached to an aromatic ring is 1. The average Bonchev–Trinajstić information content (AvgIpc) is 2.77. The summed E-state index contributed by atoms with van der Waals surface area (Å²) < 4.78 is 0. The normalized spacial score (nSPS) is 21.0. The molecule has 2 rings (SSSR count). The molecule has 0 aromatic carbocycles. The predicted octanol–water partition coefficient (Wildman–Crippen LogP) is 1.81. The molecule has 1 aliphatic rings. The Labute approximate surface area is 103 Å². The van der Waals surface area contributed by atoms with Gasteiger partial charge >= 0.3 is 0 Å². The lowest BCUT2D eigenvalue weighted by Crippen LogP contribution is -2.29. The minimum Gasteiger partial charge on any atom is -0.396 e. The Hall–Kier alpha value is -1.29. The maximum atomic E-state index is 5.85. The summed E-state index contributed by atoms with van der Waals surface area (Å²) in [6, 6.07) is 4.39. The van der Waals surface area contributed by atoms with Crippen molar-refractivity contribution >= 4 is 11.5 Å². The molecule has 4 heteroatoms. The Morgan fingerprint density at radius 1 is 1.59 bits per heavy atom. The molecular formula is C13H22N4. The molecule has 1 saturated heterocycles. The van der Waals surface area contributed by atoms with E-state index in [1.807, 2.05) is 12.1 Å². The molecule has 2 heterocycles. The van der Waals surface area contributed by atoms with Crippen molar-refractivity contribution in [2.45, 2.75) is 26.3 Å². The van der Waals surface area contributed by atoms with Crippen molar-refractivity contribution in [1.82, 2.24) is 9.88 Å². The van der Waals surface area contributed by atoms with Crippen molar-refractivity contribution in [3.8, 4) is 0 Å². The number of likely N-dealkylation sites (tertiary alicyclic amines) is 1. The van der Waals surface area contributed by atoms with Gasteiger partial charge in [-0.1, -0.05) is 0 Å². The van der Waals surface area contributed by atoms with Crippen LogP contribution in [0.5, 0.6) is 0 Å². The highest BCUT2D eigenvalue weighted by molar-refractivity contribution is 5.60.